The van der Waals surface area contributed by atoms with Crippen LogP contribution in [-0.4, -0.2) is 25.2 Å². The molecular formula is C26H28N2O4. The summed E-state index contributed by atoms with van der Waals surface area (Å²) in [6, 6.07) is 20.2. The molecule has 0 spiro atoms. The first kappa shape index (κ1) is 24.6. The Labute approximate surface area is 189 Å². The number of carbonyl (C=O) groups excluding carboxylic acids is 2. The van der Waals surface area contributed by atoms with Crippen molar-refractivity contribution in [2.24, 2.45) is 11.8 Å². The maximum atomic E-state index is 13.6. The van der Waals surface area contributed by atoms with Gasteiger partial charge in [-0.15, -0.1) is 0 Å². The van der Waals surface area contributed by atoms with Gasteiger partial charge in [-0.05, 0) is 23.0 Å². The molecule has 0 heterocycles. The summed E-state index contributed by atoms with van der Waals surface area (Å²) >= 11 is 0. The van der Waals surface area contributed by atoms with Gasteiger partial charge in [0.15, 0.2) is 0 Å². The Balaban J connectivity index is 2.89. The van der Waals surface area contributed by atoms with Crippen LogP contribution < -0.4 is 0 Å². The van der Waals surface area contributed by atoms with E-state index in [0.717, 1.165) is 0 Å². The van der Waals surface area contributed by atoms with Crippen molar-refractivity contribution in [3.8, 4) is 12.1 Å². The second-order valence-corrected chi connectivity index (χ2v) is 8.44. The number of hydrogen-bond donors (Lipinski definition) is 0. The summed E-state index contributed by atoms with van der Waals surface area (Å²) in [6.07, 6.45) is 0. The highest BCUT2D eigenvalue weighted by atomic mass is 16.5. The number of benzene rings is 2. The van der Waals surface area contributed by atoms with Crippen molar-refractivity contribution in [2.75, 3.05) is 13.2 Å². The first-order valence-electron chi connectivity index (χ1n) is 10.5. The second-order valence-electron chi connectivity index (χ2n) is 8.44. The molecule has 0 aliphatic carbocycles. The number of carbonyl (C=O) groups is 2. The van der Waals surface area contributed by atoms with Crippen molar-refractivity contribution >= 4 is 11.9 Å². The molecule has 0 saturated carbocycles. The lowest BCUT2D eigenvalue weighted by Gasteiger charge is -2.38. The third kappa shape index (κ3) is 4.50. The molecule has 0 aliphatic heterocycles. The van der Waals surface area contributed by atoms with Gasteiger partial charge in [-0.3, -0.25) is 0 Å². The van der Waals surface area contributed by atoms with Gasteiger partial charge in [0.25, 0.3) is 0 Å². The van der Waals surface area contributed by atoms with E-state index in [0.29, 0.717) is 0 Å². The largest absolute Gasteiger partial charge is 0.464 e. The zero-order chi connectivity index (χ0) is 23.8. The number of rotatable bonds is 9. The van der Waals surface area contributed by atoms with Crippen LogP contribution in [0, 0.1) is 34.5 Å². The van der Waals surface area contributed by atoms with Crippen LogP contribution in [0.25, 0.3) is 0 Å². The van der Waals surface area contributed by atoms with E-state index >= 15 is 0 Å². The Hall–Kier alpha value is -3.64. The van der Waals surface area contributed by atoms with E-state index in [9.17, 15) is 20.1 Å². The van der Waals surface area contributed by atoms with Crippen molar-refractivity contribution in [3.63, 3.8) is 0 Å². The number of ether oxygens (including phenoxy) is 2. The van der Waals surface area contributed by atoms with Gasteiger partial charge in [0.2, 0.25) is 10.8 Å². The van der Waals surface area contributed by atoms with Crippen molar-refractivity contribution in [1.29, 1.82) is 10.5 Å². The minimum atomic E-state index is -2.28. The highest BCUT2D eigenvalue weighted by Gasteiger charge is 2.67. The zero-order valence-electron chi connectivity index (χ0n) is 18.9. The molecule has 2 aromatic rings. The molecule has 0 aliphatic rings. The summed E-state index contributed by atoms with van der Waals surface area (Å²) in [4.78, 5) is 27.2. The van der Waals surface area contributed by atoms with E-state index in [-0.39, 0.29) is 36.2 Å². The number of nitrogens with zero attached hydrogens (tertiary/aromatic N) is 2. The monoisotopic (exact) mass is 432 g/mol. The van der Waals surface area contributed by atoms with Gasteiger partial charge in [-0.1, -0.05) is 88.4 Å². The predicted molar refractivity (Wildman–Crippen MR) is 119 cm³/mol. The average Bonchev–Trinajstić information content (AvgIpc) is 2.80. The lowest BCUT2D eigenvalue weighted by atomic mass is 9.58. The van der Waals surface area contributed by atoms with Crippen LogP contribution in [0.4, 0.5) is 0 Å². The Morgan fingerprint density at radius 2 is 1.03 bits per heavy atom. The first-order valence-corrected chi connectivity index (χ1v) is 10.5. The van der Waals surface area contributed by atoms with Crippen LogP contribution in [0.5, 0.6) is 0 Å². The maximum Gasteiger partial charge on any atom is 0.333 e. The summed E-state index contributed by atoms with van der Waals surface area (Å²) in [7, 11) is 0. The number of nitriles is 2. The quantitative estimate of drug-likeness (QED) is 0.548. The molecule has 2 aromatic carbocycles. The Kier molecular flexibility index (Phi) is 8.15. The van der Waals surface area contributed by atoms with Gasteiger partial charge >= 0.3 is 11.9 Å². The van der Waals surface area contributed by atoms with Crippen LogP contribution >= 0.6 is 0 Å². The molecule has 6 heteroatoms. The van der Waals surface area contributed by atoms with Gasteiger partial charge in [-0.2, -0.15) is 10.5 Å². The SMILES string of the molecule is CC(C)COC(=O)C(C#N)(c1ccccc1)C(C#N)(C(=O)OCC(C)C)c1ccccc1. The fraction of sp³-hybridized carbons (Fsp3) is 0.385. The highest BCUT2D eigenvalue weighted by Crippen LogP contribution is 2.46. The molecule has 0 bridgehead atoms. The normalized spacial score (nSPS) is 14.5. The Morgan fingerprint density at radius 3 is 1.28 bits per heavy atom. The minimum Gasteiger partial charge on any atom is -0.464 e. The van der Waals surface area contributed by atoms with E-state index in [1.807, 2.05) is 39.8 Å². The molecule has 2 rings (SSSR count). The molecular weight excluding hydrogens is 404 g/mol. The third-order valence-electron chi connectivity index (χ3n) is 5.02. The van der Waals surface area contributed by atoms with Crippen molar-refractivity contribution in [3.05, 3.63) is 71.8 Å². The van der Waals surface area contributed by atoms with Crippen molar-refractivity contribution < 1.29 is 19.1 Å². The summed E-state index contributed by atoms with van der Waals surface area (Å²) in [5.74, 6) is -1.95. The minimum absolute atomic E-state index is 0.00720. The fourth-order valence-electron chi connectivity index (χ4n) is 3.44. The molecule has 0 amide bonds. The summed E-state index contributed by atoms with van der Waals surface area (Å²) in [6.45, 7) is 7.49. The van der Waals surface area contributed by atoms with Gasteiger partial charge in [0.1, 0.15) is 0 Å². The topological polar surface area (TPSA) is 100 Å². The van der Waals surface area contributed by atoms with E-state index in [2.05, 4.69) is 0 Å². The first-order chi connectivity index (χ1) is 15.3. The van der Waals surface area contributed by atoms with Crippen LogP contribution in [0.15, 0.2) is 60.7 Å². The smallest absolute Gasteiger partial charge is 0.333 e. The summed E-state index contributed by atoms with van der Waals surface area (Å²) in [5, 5.41) is 21.0. The second kappa shape index (κ2) is 10.6. The van der Waals surface area contributed by atoms with Crippen LogP contribution in [0.3, 0.4) is 0 Å². The van der Waals surface area contributed by atoms with E-state index in [1.165, 1.54) is 0 Å². The van der Waals surface area contributed by atoms with Crippen LogP contribution in [0.2, 0.25) is 0 Å². The summed E-state index contributed by atoms with van der Waals surface area (Å²) in [5.41, 5.74) is -4.20. The van der Waals surface area contributed by atoms with Crippen LogP contribution in [-0.2, 0) is 29.9 Å². The van der Waals surface area contributed by atoms with E-state index in [1.54, 1.807) is 60.7 Å². The molecule has 166 valence electrons. The zero-order valence-corrected chi connectivity index (χ0v) is 18.9. The average molecular weight is 433 g/mol. The van der Waals surface area contributed by atoms with Crippen molar-refractivity contribution in [2.45, 2.75) is 38.5 Å². The Morgan fingerprint density at radius 1 is 0.719 bits per heavy atom. The predicted octanol–water partition coefficient (Wildman–Crippen LogP) is 4.31. The van der Waals surface area contributed by atoms with Crippen LogP contribution in [0.1, 0.15) is 38.8 Å². The molecule has 0 N–H and O–H groups in total. The van der Waals surface area contributed by atoms with Crippen molar-refractivity contribution in [1.82, 2.24) is 0 Å². The number of hydrogen-bond acceptors (Lipinski definition) is 6. The summed E-state index contributed by atoms with van der Waals surface area (Å²) < 4.78 is 11.0. The van der Waals surface area contributed by atoms with E-state index < -0.39 is 22.8 Å². The van der Waals surface area contributed by atoms with Gasteiger partial charge in [0, 0.05) is 0 Å². The molecule has 0 fully saturated rings. The van der Waals surface area contributed by atoms with Gasteiger partial charge < -0.3 is 9.47 Å². The van der Waals surface area contributed by atoms with Gasteiger partial charge in [0.05, 0.1) is 25.4 Å². The van der Waals surface area contributed by atoms with E-state index in [4.69, 9.17) is 9.47 Å². The third-order valence-corrected chi connectivity index (χ3v) is 5.02. The molecule has 0 radical (unpaired) electrons. The molecule has 0 aromatic heterocycles. The molecule has 0 saturated heterocycles. The highest BCUT2D eigenvalue weighted by molar-refractivity contribution is 6.02. The lowest BCUT2D eigenvalue weighted by molar-refractivity contribution is -0.161. The molecule has 2 atom stereocenters. The number of esters is 2. The Bertz CT molecular complexity index is 922. The maximum absolute atomic E-state index is 13.6. The standard InChI is InChI=1S/C26H28N2O4/c1-19(2)15-31-23(29)25(17-27,21-11-7-5-8-12-21)26(18-28,22-13-9-6-10-14-22)24(30)32-16-20(3)4/h5-14,19-20H,15-16H2,1-4H3. The lowest BCUT2D eigenvalue weighted by Crippen LogP contribution is -2.59. The molecule has 6 nitrogen and oxygen atoms in total. The molecule has 32 heavy (non-hydrogen) atoms. The fourth-order valence-corrected chi connectivity index (χ4v) is 3.44. The molecule has 2 unspecified atom stereocenters. The van der Waals surface area contributed by atoms with Gasteiger partial charge in [-0.25, -0.2) is 9.59 Å².